The molecule has 2 aliphatic carbocycles. The Morgan fingerprint density at radius 1 is 1.27 bits per heavy atom. The highest BCUT2D eigenvalue weighted by atomic mass is 16.7. The first-order valence-corrected chi connectivity index (χ1v) is 8.62. The number of carbonyl (C=O) groups excluding carboxylic acids is 1. The number of hydrogen-bond acceptors (Lipinski definition) is 5. The minimum Gasteiger partial charge on any atom is -0.469 e. The molecule has 1 heterocycles. The molecule has 0 amide bonds. The molecule has 1 aliphatic heterocycles. The fraction of sp³-hybridized carbons (Fsp3) is 0.882. The lowest BCUT2D eigenvalue weighted by molar-refractivity contribution is -0.274. The van der Waals surface area contributed by atoms with E-state index in [1.807, 2.05) is 7.05 Å². The highest BCUT2D eigenvalue weighted by molar-refractivity contribution is 5.88. The van der Waals surface area contributed by atoms with E-state index in [1.165, 1.54) is 32.1 Å². The van der Waals surface area contributed by atoms with Crippen molar-refractivity contribution < 1.29 is 14.4 Å². The van der Waals surface area contributed by atoms with E-state index in [2.05, 4.69) is 12.0 Å². The standard InChI is InChI=1S/C17H28N2O3/c1-17(13-10-8-12(9-11-13)16(20)21-3)14-6-4-5-7-15(14)18-19(2)22-17/h12-14H,4-11H2,1-3H3/t12-,13-,14?,17?. The van der Waals surface area contributed by atoms with Crippen LogP contribution in [0.4, 0.5) is 0 Å². The molecule has 0 radical (unpaired) electrons. The van der Waals surface area contributed by atoms with Crippen molar-refractivity contribution >= 4 is 11.7 Å². The molecule has 22 heavy (non-hydrogen) atoms. The second-order valence-corrected chi connectivity index (χ2v) is 7.20. The fourth-order valence-electron chi connectivity index (χ4n) is 4.71. The van der Waals surface area contributed by atoms with Gasteiger partial charge in [0.15, 0.2) is 0 Å². The third-order valence-electron chi connectivity index (χ3n) is 5.94. The third-order valence-corrected chi connectivity index (χ3v) is 5.94. The Kier molecular flexibility index (Phi) is 4.44. The molecule has 2 saturated carbocycles. The van der Waals surface area contributed by atoms with Gasteiger partial charge in [0, 0.05) is 11.6 Å². The highest BCUT2D eigenvalue weighted by Gasteiger charge is 2.50. The minimum atomic E-state index is -0.173. The largest absolute Gasteiger partial charge is 0.469 e. The normalized spacial score (nSPS) is 39.0. The van der Waals surface area contributed by atoms with Crippen LogP contribution in [-0.4, -0.2) is 36.6 Å². The Bertz CT molecular complexity index is 457. The third kappa shape index (κ3) is 2.75. The quantitative estimate of drug-likeness (QED) is 0.735. The maximum Gasteiger partial charge on any atom is 0.308 e. The van der Waals surface area contributed by atoms with Crippen molar-refractivity contribution in [3.05, 3.63) is 0 Å². The van der Waals surface area contributed by atoms with Gasteiger partial charge in [-0.15, -0.1) is 0 Å². The van der Waals surface area contributed by atoms with Gasteiger partial charge in [0.25, 0.3) is 0 Å². The van der Waals surface area contributed by atoms with Gasteiger partial charge in [0.1, 0.15) is 5.60 Å². The number of hydrazone groups is 1. The number of nitrogens with zero attached hydrogens (tertiary/aromatic N) is 2. The number of rotatable bonds is 2. The Hall–Kier alpha value is -1.10. The van der Waals surface area contributed by atoms with Gasteiger partial charge in [-0.25, -0.2) is 4.84 Å². The van der Waals surface area contributed by atoms with E-state index in [-0.39, 0.29) is 17.5 Å². The summed E-state index contributed by atoms with van der Waals surface area (Å²) in [5, 5.41) is 6.27. The van der Waals surface area contributed by atoms with Crippen LogP contribution in [0, 0.1) is 17.8 Å². The zero-order valence-corrected chi connectivity index (χ0v) is 14.0. The minimum absolute atomic E-state index is 0.0507. The van der Waals surface area contributed by atoms with Crippen LogP contribution in [0.15, 0.2) is 5.10 Å². The maximum atomic E-state index is 11.7. The van der Waals surface area contributed by atoms with E-state index in [0.717, 1.165) is 32.1 Å². The predicted octanol–water partition coefficient (Wildman–Crippen LogP) is 3.15. The number of ether oxygens (including phenoxy) is 1. The molecule has 0 saturated heterocycles. The molecule has 3 rings (SSSR count). The molecule has 5 nitrogen and oxygen atoms in total. The molecule has 0 spiro atoms. The van der Waals surface area contributed by atoms with Crippen molar-refractivity contribution in [3.63, 3.8) is 0 Å². The lowest BCUT2D eigenvalue weighted by atomic mass is 9.65. The van der Waals surface area contributed by atoms with Crippen LogP contribution in [0.5, 0.6) is 0 Å². The Balaban J connectivity index is 1.73. The van der Waals surface area contributed by atoms with Gasteiger partial charge in [-0.1, -0.05) is 6.42 Å². The van der Waals surface area contributed by atoms with Gasteiger partial charge in [0.05, 0.1) is 20.1 Å². The summed E-state index contributed by atoms with van der Waals surface area (Å²) < 4.78 is 4.90. The molecular formula is C17H28N2O3. The highest BCUT2D eigenvalue weighted by Crippen LogP contribution is 2.47. The fourth-order valence-corrected chi connectivity index (χ4v) is 4.71. The van der Waals surface area contributed by atoms with Crippen molar-refractivity contribution in [3.8, 4) is 0 Å². The molecule has 0 N–H and O–H groups in total. The van der Waals surface area contributed by atoms with Crippen molar-refractivity contribution in [1.82, 2.24) is 5.17 Å². The van der Waals surface area contributed by atoms with Crippen molar-refractivity contribution in [1.29, 1.82) is 0 Å². The Morgan fingerprint density at radius 2 is 2.00 bits per heavy atom. The van der Waals surface area contributed by atoms with Gasteiger partial charge in [-0.2, -0.15) is 10.3 Å². The summed E-state index contributed by atoms with van der Waals surface area (Å²) in [7, 11) is 3.38. The first-order chi connectivity index (χ1) is 10.5. The van der Waals surface area contributed by atoms with E-state index >= 15 is 0 Å². The number of methoxy groups -OCH3 is 1. The molecule has 2 atom stereocenters. The molecular weight excluding hydrogens is 280 g/mol. The first-order valence-electron chi connectivity index (χ1n) is 8.62. The second kappa shape index (κ2) is 6.19. The lowest BCUT2D eigenvalue weighted by Crippen LogP contribution is -2.55. The molecule has 124 valence electrons. The van der Waals surface area contributed by atoms with Crippen LogP contribution in [-0.2, 0) is 14.4 Å². The van der Waals surface area contributed by atoms with Crippen molar-refractivity contribution in [2.45, 2.75) is 63.9 Å². The number of carbonyl (C=O) groups is 1. The second-order valence-electron chi connectivity index (χ2n) is 7.20. The number of fused-ring (bicyclic) bond motifs is 1. The monoisotopic (exact) mass is 308 g/mol. The van der Waals surface area contributed by atoms with E-state index in [0.29, 0.717) is 11.8 Å². The van der Waals surface area contributed by atoms with Gasteiger partial charge >= 0.3 is 5.97 Å². The van der Waals surface area contributed by atoms with Crippen LogP contribution < -0.4 is 0 Å². The topological polar surface area (TPSA) is 51.1 Å². The lowest BCUT2D eigenvalue weighted by Gasteiger charge is -2.50. The van der Waals surface area contributed by atoms with Crippen molar-refractivity contribution in [2.24, 2.45) is 22.9 Å². The average molecular weight is 308 g/mol. The molecule has 0 bridgehead atoms. The summed E-state index contributed by atoms with van der Waals surface area (Å²) in [4.78, 5) is 18.0. The van der Waals surface area contributed by atoms with Crippen LogP contribution in [0.25, 0.3) is 0 Å². The predicted molar refractivity (Wildman–Crippen MR) is 84.1 cm³/mol. The van der Waals surface area contributed by atoms with Crippen LogP contribution in [0.1, 0.15) is 58.3 Å². The van der Waals surface area contributed by atoms with E-state index in [4.69, 9.17) is 9.57 Å². The van der Waals surface area contributed by atoms with E-state index in [9.17, 15) is 4.79 Å². The Morgan fingerprint density at radius 3 is 2.68 bits per heavy atom. The van der Waals surface area contributed by atoms with Crippen LogP contribution in [0.3, 0.4) is 0 Å². The molecule has 0 aromatic carbocycles. The number of hydroxylamine groups is 1. The molecule has 5 heteroatoms. The summed E-state index contributed by atoms with van der Waals surface area (Å²) in [6.07, 6.45) is 8.70. The summed E-state index contributed by atoms with van der Waals surface area (Å²) >= 11 is 0. The van der Waals surface area contributed by atoms with Crippen LogP contribution >= 0.6 is 0 Å². The van der Waals surface area contributed by atoms with E-state index in [1.54, 1.807) is 5.17 Å². The van der Waals surface area contributed by atoms with E-state index < -0.39 is 0 Å². The Labute approximate surface area is 133 Å². The van der Waals surface area contributed by atoms with Gasteiger partial charge in [-0.05, 0) is 57.8 Å². The zero-order valence-electron chi connectivity index (χ0n) is 14.0. The van der Waals surface area contributed by atoms with Gasteiger partial charge in [0.2, 0.25) is 0 Å². The summed E-state index contributed by atoms with van der Waals surface area (Å²) in [5.74, 6) is 0.956. The first kappa shape index (κ1) is 15.8. The van der Waals surface area contributed by atoms with Gasteiger partial charge < -0.3 is 4.74 Å². The smallest absolute Gasteiger partial charge is 0.308 e. The molecule has 0 aromatic heterocycles. The summed E-state index contributed by atoms with van der Waals surface area (Å²) in [5.41, 5.74) is 1.14. The van der Waals surface area contributed by atoms with Gasteiger partial charge in [-0.3, -0.25) is 4.79 Å². The number of hydrogen-bond donors (Lipinski definition) is 0. The van der Waals surface area contributed by atoms with Crippen molar-refractivity contribution in [2.75, 3.05) is 14.2 Å². The summed E-state index contributed by atoms with van der Waals surface area (Å²) in [6.45, 7) is 2.26. The number of esters is 1. The van der Waals surface area contributed by atoms with Crippen LogP contribution in [0.2, 0.25) is 0 Å². The average Bonchev–Trinajstić information content (AvgIpc) is 2.54. The molecule has 2 fully saturated rings. The molecule has 0 aromatic rings. The molecule has 3 aliphatic rings. The zero-order chi connectivity index (χ0) is 15.7. The SMILES string of the molecule is COC(=O)[C@H]1CC[C@H](C2(C)ON(C)N=C3CCCCC32)CC1. The molecule has 2 unspecified atom stereocenters. The summed E-state index contributed by atoms with van der Waals surface area (Å²) in [6, 6.07) is 0. The maximum absolute atomic E-state index is 11.7.